The Bertz CT molecular complexity index is 1170. The molecule has 0 saturated carbocycles. The van der Waals surface area contributed by atoms with Gasteiger partial charge in [0.15, 0.2) is 0 Å². The Kier molecular flexibility index (Phi) is 5.86. The summed E-state index contributed by atoms with van der Waals surface area (Å²) in [6.07, 6.45) is 0.632. The van der Waals surface area contributed by atoms with E-state index in [4.69, 9.17) is 16.7 Å². The number of fused-ring (bicyclic) bond motifs is 1. The van der Waals surface area contributed by atoms with Gasteiger partial charge in [-0.1, -0.05) is 78.7 Å². The van der Waals surface area contributed by atoms with Gasteiger partial charge in [0.05, 0.1) is 5.52 Å². The van der Waals surface area contributed by atoms with E-state index >= 15 is 0 Å². The van der Waals surface area contributed by atoms with Gasteiger partial charge in [-0.25, -0.2) is 0 Å². The van der Waals surface area contributed by atoms with Crippen molar-refractivity contribution in [3.8, 4) is 11.3 Å². The maximum absolute atomic E-state index is 13.1. The monoisotopic (exact) mass is 417 g/mol. The number of nitrogens with zero attached hydrogens (tertiary/aromatic N) is 2. The molecule has 0 aliphatic heterocycles. The molecule has 152 valence electrons. The summed E-state index contributed by atoms with van der Waals surface area (Å²) in [5.41, 5.74) is 5.00. The molecule has 0 fully saturated rings. The molecule has 1 N–H and O–H groups in total. The van der Waals surface area contributed by atoms with Gasteiger partial charge in [-0.05, 0) is 37.1 Å². The van der Waals surface area contributed by atoms with Gasteiger partial charge in [-0.15, -0.1) is 0 Å². The van der Waals surface area contributed by atoms with E-state index in [0.29, 0.717) is 18.0 Å². The standard InChI is InChI=1S/C25H24ClN3O/c1-3-22(25(30)27-16-18-11-9-17(2)10-12-18)29-23-14-13-20(26)15-21(23)24(28-29)19-7-5-4-6-8-19/h4-15,22H,3,16H2,1-2H3,(H,27,30)/t22-/m1/s1. The average molecular weight is 418 g/mol. The van der Waals surface area contributed by atoms with Crippen LogP contribution in [0.5, 0.6) is 0 Å². The first-order valence-electron chi connectivity index (χ1n) is 10.1. The molecule has 0 saturated heterocycles. The van der Waals surface area contributed by atoms with Crippen molar-refractivity contribution in [1.82, 2.24) is 15.1 Å². The number of carbonyl (C=O) groups excluding carboxylic acids is 1. The normalized spacial score (nSPS) is 12.1. The number of halogens is 1. The summed E-state index contributed by atoms with van der Waals surface area (Å²) >= 11 is 6.28. The molecule has 0 aliphatic rings. The second-order valence-electron chi connectivity index (χ2n) is 7.45. The fourth-order valence-corrected chi connectivity index (χ4v) is 3.81. The van der Waals surface area contributed by atoms with E-state index in [1.807, 2.05) is 72.3 Å². The minimum absolute atomic E-state index is 0.0444. The molecule has 0 unspecified atom stereocenters. The predicted molar refractivity (Wildman–Crippen MR) is 123 cm³/mol. The number of nitrogens with one attached hydrogen (secondary N) is 1. The molecule has 4 rings (SSSR count). The number of aryl methyl sites for hydroxylation is 1. The Morgan fingerprint density at radius 1 is 1.07 bits per heavy atom. The third-order valence-corrected chi connectivity index (χ3v) is 5.52. The van der Waals surface area contributed by atoms with Gasteiger partial charge < -0.3 is 5.32 Å². The summed E-state index contributed by atoms with van der Waals surface area (Å²) in [5, 5.41) is 9.52. The topological polar surface area (TPSA) is 46.9 Å². The number of hydrogen-bond donors (Lipinski definition) is 1. The molecule has 0 radical (unpaired) electrons. The highest BCUT2D eigenvalue weighted by Crippen LogP contribution is 2.32. The zero-order valence-corrected chi connectivity index (χ0v) is 17.9. The number of rotatable bonds is 6. The van der Waals surface area contributed by atoms with Crippen molar-refractivity contribution in [3.05, 3.63) is 88.9 Å². The van der Waals surface area contributed by atoms with Crippen LogP contribution in [0.25, 0.3) is 22.2 Å². The van der Waals surface area contributed by atoms with Crippen LogP contribution in [-0.2, 0) is 11.3 Å². The zero-order valence-electron chi connectivity index (χ0n) is 17.1. The van der Waals surface area contributed by atoms with Crippen LogP contribution in [0.3, 0.4) is 0 Å². The third-order valence-electron chi connectivity index (χ3n) is 5.29. The molecule has 1 heterocycles. The smallest absolute Gasteiger partial charge is 0.245 e. The molecule has 1 amide bonds. The van der Waals surface area contributed by atoms with Crippen molar-refractivity contribution >= 4 is 28.4 Å². The summed E-state index contributed by atoms with van der Waals surface area (Å²) in [6.45, 7) is 4.54. The van der Waals surface area contributed by atoms with Crippen molar-refractivity contribution in [1.29, 1.82) is 0 Å². The SMILES string of the molecule is CC[C@H](C(=O)NCc1ccc(C)cc1)n1nc(-c2ccccc2)c2cc(Cl)ccc21. The molecule has 1 aromatic heterocycles. The van der Waals surface area contributed by atoms with Crippen molar-refractivity contribution in [2.45, 2.75) is 32.9 Å². The van der Waals surface area contributed by atoms with E-state index in [0.717, 1.165) is 27.7 Å². The molecule has 0 aliphatic carbocycles. The molecule has 5 heteroatoms. The molecule has 1 atom stereocenters. The fraction of sp³-hybridized carbons (Fsp3) is 0.200. The molecule has 0 spiro atoms. The van der Waals surface area contributed by atoms with Crippen LogP contribution in [-0.4, -0.2) is 15.7 Å². The van der Waals surface area contributed by atoms with Crippen molar-refractivity contribution in [2.75, 3.05) is 0 Å². The minimum Gasteiger partial charge on any atom is -0.350 e. The first kappa shape index (κ1) is 20.2. The van der Waals surface area contributed by atoms with Crippen LogP contribution in [0.4, 0.5) is 0 Å². The second-order valence-corrected chi connectivity index (χ2v) is 7.88. The lowest BCUT2D eigenvalue weighted by Crippen LogP contribution is -2.32. The van der Waals surface area contributed by atoms with Crippen LogP contribution in [0, 0.1) is 6.92 Å². The van der Waals surface area contributed by atoms with Crippen LogP contribution < -0.4 is 5.32 Å². The number of benzene rings is 3. The van der Waals surface area contributed by atoms with E-state index in [1.54, 1.807) is 0 Å². The molecule has 4 nitrogen and oxygen atoms in total. The first-order valence-corrected chi connectivity index (χ1v) is 10.5. The largest absolute Gasteiger partial charge is 0.350 e. The second kappa shape index (κ2) is 8.72. The Balaban J connectivity index is 1.68. The van der Waals surface area contributed by atoms with Crippen molar-refractivity contribution in [2.24, 2.45) is 0 Å². The Hall–Kier alpha value is -3.11. The predicted octanol–water partition coefficient (Wildman–Crippen LogP) is 5.93. The Morgan fingerprint density at radius 2 is 1.80 bits per heavy atom. The third kappa shape index (κ3) is 4.10. The van der Waals surface area contributed by atoms with Crippen LogP contribution in [0.15, 0.2) is 72.8 Å². The van der Waals surface area contributed by atoms with Crippen molar-refractivity contribution in [3.63, 3.8) is 0 Å². The summed E-state index contributed by atoms with van der Waals surface area (Å²) in [7, 11) is 0. The maximum Gasteiger partial charge on any atom is 0.245 e. The summed E-state index contributed by atoms with van der Waals surface area (Å²) in [4.78, 5) is 13.1. The number of aromatic nitrogens is 2. The van der Waals surface area contributed by atoms with Crippen molar-refractivity contribution < 1.29 is 4.79 Å². The zero-order chi connectivity index (χ0) is 21.1. The highest BCUT2D eigenvalue weighted by Gasteiger charge is 2.23. The minimum atomic E-state index is -0.406. The number of amides is 1. The van der Waals surface area contributed by atoms with E-state index in [-0.39, 0.29) is 5.91 Å². The molecular weight excluding hydrogens is 394 g/mol. The summed E-state index contributed by atoms with van der Waals surface area (Å²) in [6, 6.07) is 23.4. The van der Waals surface area contributed by atoms with Gasteiger partial charge in [0.2, 0.25) is 5.91 Å². The molecule has 30 heavy (non-hydrogen) atoms. The summed E-state index contributed by atoms with van der Waals surface area (Å²) < 4.78 is 1.83. The molecular formula is C25H24ClN3O. The van der Waals surface area contributed by atoms with E-state index in [1.165, 1.54) is 5.56 Å². The van der Waals surface area contributed by atoms with E-state index < -0.39 is 6.04 Å². The average Bonchev–Trinajstić information content (AvgIpc) is 3.13. The molecule has 0 bridgehead atoms. The lowest BCUT2D eigenvalue weighted by molar-refractivity contribution is -0.124. The molecule has 4 aromatic rings. The number of carbonyl (C=O) groups is 1. The highest BCUT2D eigenvalue weighted by molar-refractivity contribution is 6.31. The maximum atomic E-state index is 13.1. The lowest BCUT2D eigenvalue weighted by atomic mass is 10.1. The van der Waals surface area contributed by atoms with Crippen LogP contribution >= 0.6 is 11.6 Å². The van der Waals surface area contributed by atoms with Crippen LogP contribution in [0.2, 0.25) is 5.02 Å². The fourth-order valence-electron chi connectivity index (χ4n) is 3.64. The van der Waals surface area contributed by atoms with Gasteiger partial charge in [-0.3, -0.25) is 9.48 Å². The molecule has 3 aromatic carbocycles. The Morgan fingerprint density at radius 3 is 2.50 bits per heavy atom. The lowest BCUT2D eigenvalue weighted by Gasteiger charge is -2.17. The van der Waals surface area contributed by atoms with Crippen LogP contribution in [0.1, 0.15) is 30.5 Å². The van der Waals surface area contributed by atoms with E-state index in [2.05, 4.69) is 24.4 Å². The Labute approximate surface area is 181 Å². The summed E-state index contributed by atoms with van der Waals surface area (Å²) in [5.74, 6) is -0.0444. The quantitative estimate of drug-likeness (QED) is 0.422. The number of hydrogen-bond acceptors (Lipinski definition) is 2. The van der Waals surface area contributed by atoms with E-state index in [9.17, 15) is 4.79 Å². The van der Waals surface area contributed by atoms with Gasteiger partial charge in [-0.2, -0.15) is 5.10 Å². The van der Waals surface area contributed by atoms with Gasteiger partial charge in [0, 0.05) is 22.5 Å². The van der Waals surface area contributed by atoms with Gasteiger partial charge in [0.1, 0.15) is 11.7 Å². The van der Waals surface area contributed by atoms with Gasteiger partial charge >= 0.3 is 0 Å². The van der Waals surface area contributed by atoms with Gasteiger partial charge in [0.25, 0.3) is 0 Å². The highest BCUT2D eigenvalue weighted by atomic mass is 35.5. The first-order chi connectivity index (χ1) is 14.6.